The second-order valence-electron chi connectivity index (χ2n) is 5.34. The van der Waals surface area contributed by atoms with Gasteiger partial charge in [-0.25, -0.2) is 9.50 Å². The van der Waals surface area contributed by atoms with Crippen molar-refractivity contribution in [2.45, 2.75) is 0 Å². The Bertz CT molecular complexity index is 807. The molecule has 5 nitrogen and oxygen atoms in total. The van der Waals surface area contributed by atoms with Gasteiger partial charge in [-0.1, -0.05) is 23.7 Å². The summed E-state index contributed by atoms with van der Waals surface area (Å²) in [4.78, 5) is 6.99. The molecule has 0 bridgehead atoms. The molecule has 6 heteroatoms. The number of aromatic nitrogens is 3. The summed E-state index contributed by atoms with van der Waals surface area (Å²) in [5.41, 5.74) is 2.88. The molecule has 0 atom stereocenters. The Hall–Kier alpha value is -2.11. The summed E-state index contributed by atoms with van der Waals surface area (Å²) in [5.74, 6) is 0.656. The molecular weight excluding hydrogens is 298 g/mol. The second-order valence-corrected chi connectivity index (χ2v) is 5.75. The topological polar surface area (TPSA) is 45.5 Å². The Kier molecular flexibility index (Phi) is 3.44. The summed E-state index contributed by atoms with van der Waals surface area (Å²) in [6, 6.07) is 11.8. The van der Waals surface area contributed by atoms with Gasteiger partial charge >= 0.3 is 0 Å². The zero-order valence-corrected chi connectivity index (χ0v) is 12.8. The van der Waals surface area contributed by atoms with Gasteiger partial charge in [0, 0.05) is 49.7 Å². The van der Waals surface area contributed by atoms with Gasteiger partial charge in [0.25, 0.3) is 0 Å². The third kappa shape index (κ3) is 2.42. The maximum atomic E-state index is 6.23. The highest BCUT2D eigenvalue weighted by Gasteiger charge is 2.13. The quantitative estimate of drug-likeness (QED) is 0.789. The molecule has 0 unspecified atom stereocenters. The van der Waals surface area contributed by atoms with Crippen molar-refractivity contribution < 1.29 is 0 Å². The summed E-state index contributed by atoms with van der Waals surface area (Å²) in [6.45, 7) is 4.06. The SMILES string of the molecule is Clc1ccccc1-c1nc2cc(N3CCNCC3)ccn2n1. The minimum absolute atomic E-state index is 0.656. The number of hydrogen-bond donors (Lipinski definition) is 1. The average molecular weight is 314 g/mol. The van der Waals surface area contributed by atoms with E-state index >= 15 is 0 Å². The van der Waals surface area contributed by atoms with Crippen LogP contribution in [0.2, 0.25) is 5.02 Å². The number of anilines is 1. The third-order valence-corrected chi connectivity index (χ3v) is 4.25. The average Bonchev–Trinajstić information content (AvgIpc) is 2.99. The molecule has 2 aromatic heterocycles. The van der Waals surface area contributed by atoms with E-state index in [2.05, 4.69) is 32.4 Å². The van der Waals surface area contributed by atoms with Crippen molar-refractivity contribution in [2.75, 3.05) is 31.1 Å². The summed E-state index contributed by atoms with van der Waals surface area (Å²) >= 11 is 6.23. The number of halogens is 1. The fraction of sp³-hybridized carbons (Fsp3) is 0.250. The van der Waals surface area contributed by atoms with E-state index in [1.54, 1.807) is 4.52 Å². The van der Waals surface area contributed by atoms with Crippen molar-refractivity contribution in [2.24, 2.45) is 0 Å². The van der Waals surface area contributed by atoms with Crippen LogP contribution in [0.1, 0.15) is 0 Å². The maximum absolute atomic E-state index is 6.23. The molecule has 1 N–H and O–H groups in total. The van der Waals surface area contributed by atoms with Crippen LogP contribution in [-0.4, -0.2) is 40.8 Å². The molecular formula is C16H16ClN5. The number of piperazine rings is 1. The fourth-order valence-corrected chi connectivity index (χ4v) is 2.97. The number of benzene rings is 1. The van der Waals surface area contributed by atoms with Gasteiger partial charge in [0.1, 0.15) is 0 Å². The summed E-state index contributed by atoms with van der Waals surface area (Å²) in [5, 5.41) is 8.55. The molecule has 0 saturated carbocycles. The van der Waals surface area contributed by atoms with Crippen molar-refractivity contribution in [1.82, 2.24) is 19.9 Å². The highest BCUT2D eigenvalue weighted by Crippen LogP contribution is 2.26. The largest absolute Gasteiger partial charge is 0.369 e. The molecule has 1 fully saturated rings. The fourth-order valence-electron chi connectivity index (χ4n) is 2.75. The van der Waals surface area contributed by atoms with E-state index in [-0.39, 0.29) is 0 Å². The Morgan fingerprint density at radius 3 is 2.73 bits per heavy atom. The number of rotatable bonds is 2. The van der Waals surface area contributed by atoms with Gasteiger partial charge in [0.15, 0.2) is 11.5 Å². The van der Waals surface area contributed by atoms with Gasteiger partial charge < -0.3 is 10.2 Å². The van der Waals surface area contributed by atoms with Crippen LogP contribution in [-0.2, 0) is 0 Å². The third-order valence-electron chi connectivity index (χ3n) is 3.92. The van der Waals surface area contributed by atoms with Gasteiger partial charge in [0.2, 0.25) is 0 Å². The van der Waals surface area contributed by atoms with E-state index in [1.807, 2.05) is 30.5 Å². The summed E-state index contributed by atoms with van der Waals surface area (Å²) in [6.07, 6.45) is 1.96. The molecule has 0 radical (unpaired) electrons. The lowest BCUT2D eigenvalue weighted by molar-refractivity contribution is 0.589. The molecule has 0 aliphatic carbocycles. The Labute approximate surface area is 133 Å². The van der Waals surface area contributed by atoms with E-state index in [1.165, 1.54) is 5.69 Å². The highest BCUT2D eigenvalue weighted by molar-refractivity contribution is 6.33. The molecule has 112 valence electrons. The van der Waals surface area contributed by atoms with Gasteiger partial charge in [-0.3, -0.25) is 0 Å². The Morgan fingerprint density at radius 2 is 1.91 bits per heavy atom. The van der Waals surface area contributed by atoms with Crippen LogP contribution < -0.4 is 10.2 Å². The lowest BCUT2D eigenvalue weighted by atomic mass is 10.2. The van der Waals surface area contributed by atoms with Crippen molar-refractivity contribution in [3.05, 3.63) is 47.6 Å². The van der Waals surface area contributed by atoms with Crippen LogP contribution in [0.15, 0.2) is 42.6 Å². The van der Waals surface area contributed by atoms with Gasteiger partial charge in [-0.2, -0.15) is 0 Å². The van der Waals surface area contributed by atoms with Crippen LogP contribution in [0.3, 0.4) is 0 Å². The predicted molar refractivity (Wildman–Crippen MR) is 88.5 cm³/mol. The van der Waals surface area contributed by atoms with E-state index in [0.717, 1.165) is 37.4 Å². The predicted octanol–water partition coefficient (Wildman–Crippen LogP) is 2.46. The zero-order chi connectivity index (χ0) is 14.9. The summed E-state index contributed by atoms with van der Waals surface area (Å²) < 4.78 is 1.80. The lowest BCUT2D eigenvalue weighted by Gasteiger charge is -2.29. The first kappa shape index (κ1) is 13.5. The van der Waals surface area contributed by atoms with Gasteiger partial charge in [-0.05, 0) is 18.2 Å². The monoisotopic (exact) mass is 313 g/mol. The normalized spacial score (nSPS) is 15.4. The van der Waals surface area contributed by atoms with E-state index in [9.17, 15) is 0 Å². The van der Waals surface area contributed by atoms with E-state index in [4.69, 9.17) is 11.6 Å². The van der Waals surface area contributed by atoms with Crippen molar-refractivity contribution in [3.8, 4) is 11.4 Å². The maximum Gasteiger partial charge on any atom is 0.183 e. The second kappa shape index (κ2) is 5.59. The van der Waals surface area contributed by atoms with Crippen molar-refractivity contribution in [3.63, 3.8) is 0 Å². The van der Waals surface area contributed by atoms with Crippen LogP contribution in [0.4, 0.5) is 5.69 Å². The minimum Gasteiger partial charge on any atom is -0.369 e. The molecule has 1 aliphatic rings. The van der Waals surface area contributed by atoms with Crippen LogP contribution in [0.5, 0.6) is 0 Å². The van der Waals surface area contributed by atoms with Crippen LogP contribution in [0, 0.1) is 0 Å². The number of fused-ring (bicyclic) bond motifs is 1. The molecule has 4 rings (SSSR count). The first-order valence-corrected chi connectivity index (χ1v) is 7.76. The molecule has 22 heavy (non-hydrogen) atoms. The number of nitrogens with one attached hydrogen (secondary N) is 1. The van der Waals surface area contributed by atoms with E-state index < -0.39 is 0 Å². The molecule has 0 spiro atoms. The lowest BCUT2D eigenvalue weighted by Crippen LogP contribution is -2.43. The number of hydrogen-bond acceptors (Lipinski definition) is 4. The van der Waals surface area contributed by atoms with Crippen LogP contribution in [0.25, 0.3) is 17.0 Å². The van der Waals surface area contributed by atoms with Gasteiger partial charge in [0.05, 0.1) is 5.02 Å². The molecule has 3 aromatic rings. The molecule has 1 aromatic carbocycles. The highest BCUT2D eigenvalue weighted by atomic mass is 35.5. The van der Waals surface area contributed by atoms with Gasteiger partial charge in [-0.15, -0.1) is 5.10 Å². The van der Waals surface area contributed by atoms with Crippen molar-refractivity contribution in [1.29, 1.82) is 0 Å². The molecule has 3 heterocycles. The van der Waals surface area contributed by atoms with E-state index in [0.29, 0.717) is 10.8 Å². The zero-order valence-electron chi connectivity index (χ0n) is 12.0. The molecule has 0 amide bonds. The summed E-state index contributed by atoms with van der Waals surface area (Å²) in [7, 11) is 0. The van der Waals surface area contributed by atoms with Crippen LogP contribution >= 0.6 is 11.6 Å². The molecule has 1 saturated heterocycles. The standard InChI is InChI=1S/C16H16ClN5/c17-14-4-2-1-3-13(14)16-19-15-11-12(5-8-22(15)20-16)21-9-6-18-7-10-21/h1-5,8,11,18H,6-7,9-10H2. The first-order chi connectivity index (χ1) is 10.8. The minimum atomic E-state index is 0.656. The Balaban J connectivity index is 1.73. The molecule has 1 aliphatic heterocycles. The number of pyridine rings is 1. The van der Waals surface area contributed by atoms with Crippen molar-refractivity contribution >= 4 is 22.9 Å². The Morgan fingerprint density at radius 1 is 1.09 bits per heavy atom. The smallest absolute Gasteiger partial charge is 0.183 e. The first-order valence-electron chi connectivity index (χ1n) is 7.38. The number of nitrogens with zero attached hydrogens (tertiary/aromatic N) is 4.